The fraction of sp³-hybridized carbons (Fsp3) is 0.300. The molecule has 2 rings (SSSR count). The first-order chi connectivity index (χ1) is 12.1. The molecule has 0 unspecified atom stereocenters. The van der Waals surface area contributed by atoms with Gasteiger partial charge in [0.2, 0.25) is 5.91 Å². The molecule has 2 aromatic carbocycles. The second-order valence-corrected chi connectivity index (χ2v) is 5.96. The van der Waals surface area contributed by atoms with Crippen molar-refractivity contribution in [2.24, 2.45) is 0 Å². The van der Waals surface area contributed by atoms with Crippen LogP contribution in [0.2, 0.25) is 0 Å². The summed E-state index contributed by atoms with van der Waals surface area (Å²) in [5.74, 6) is -0.233. The van der Waals surface area contributed by atoms with E-state index in [0.717, 1.165) is 29.8 Å². The molecule has 0 saturated carbocycles. The van der Waals surface area contributed by atoms with Crippen LogP contribution in [0.4, 0.5) is 11.4 Å². The summed E-state index contributed by atoms with van der Waals surface area (Å²) in [7, 11) is 0. The Morgan fingerprint density at radius 1 is 1.00 bits per heavy atom. The molecule has 0 aliphatic rings. The van der Waals surface area contributed by atoms with E-state index < -0.39 is 0 Å². The first kappa shape index (κ1) is 18.5. The molecule has 0 aromatic heterocycles. The Morgan fingerprint density at radius 2 is 1.76 bits per heavy atom. The number of aryl methyl sites for hydroxylation is 1. The minimum atomic E-state index is -0.137. The highest BCUT2D eigenvalue weighted by Crippen LogP contribution is 2.11. The van der Waals surface area contributed by atoms with Crippen molar-refractivity contribution in [2.75, 3.05) is 23.7 Å². The van der Waals surface area contributed by atoms with Crippen LogP contribution in [0.15, 0.2) is 48.5 Å². The van der Waals surface area contributed by atoms with Gasteiger partial charge < -0.3 is 16.0 Å². The fourth-order valence-corrected chi connectivity index (χ4v) is 2.28. The van der Waals surface area contributed by atoms with Crippen molar-refractivity contribution in [3.8, 4) is 0 Å². The summed E-state index contributed by atoms with van der Waals surface area (Å²) in [6, 6.07) is 14.8. The number of benzene rings is 2. The second-order valence-electron chi connectivity index (χ2n) is 5.96. The average Bonchev–Trinajstić information content (AvgIpc) is 2.62. The Hall–Kier alpha value is -2.82. The Kier molecular flexibility index (Phi) is 7.01. The number of nitrogens with one attached hydrogen (secondary N) is 3. The van der Waals surface area contributed by atoms with Crippen LogP contribution in [0.25, 0.3) is 0 Å². The Bertz CT molecular complexity index is 711. The summed E-state index contributed by atoms with van der Waals surface area (Å²) in [5, 5.41) is 8.76. The Morgan fingerprint density at radius 3 is 2.48 bits per heavy atom. The Balaban J connectivity index is 1.85. The number of unbranched alkanes of at least 4 members (excludes halogenated alkanes) is 1. The number of carbonyl (C=O) groups is 2. The number of rotatable bonds is 8. The zero-order valence-corrected chi connectivity index (χ0v) is 14.8. The van der Waals surface area contributed by atoms with Crippen LogP contribution in [0.5, 0.6) is 0 Å². The summed E-state index contributed by atoms with van der Waals surface area (Å²) in [5.41, 5.74) is 3.23. The van der Waals surface area contributed by atoms with Gasteiger partial charge in [0.1, 0.15) is 0 Å². The summed E-state index contributed by atoms with van der Waals surface area (Å²) in [6.45, 7) is 4.89. The van der Waals surface area contributed by atoms with Crippen molar-refractivity contribution in [3.05, 3.63) is 59.7 Å². The van der Waals surface area contributed by atoms with Crippen LogP contribution in [0.1, 0.15) is 35.7 Å². The summed E-state index contributed by atoms with van der Waals surface area (Å²) in [4.78, 5) is 24.1. The SMILES string of the molecule is CCCCNC(=O)c1cccc(NCC(=O)Nc2ccc(C)cc2)c1. The molecule has 0 aliphatic carbocycles. The summed E-state index contributed by atoms with van der Waals surface area (Å²) >= 11 is 0. The van der Waals surface area contributed by atoms with Crippen LogP contribution in [0, 0.1) is 6.92 Å². The molecule has 0 saturated heterocycles. The van der Waals surface area contributed by atoms with Gasteiger partial charge in [0.15, 0.2) is 0 Å². The average molecular weight is 339 g/mol. The van der Waals surface area contributed by atoms with Crippen molar-refractivity contribution in [1.29, 1.82) is 0 Å². The van der Waals surface area contributed by atoms with E-state index in [1.807, 2.05) is 37.3 Å². The maximum absolute atomic E-state index is 12.1. The van der Waals surface area contributed by atoms with E-state index in [4.69, 9.17) is 0 Å². The second kappa shape index (κ2) is 9.47. The van der Waals surface area contributed by atoms with Crippen LogP contribution in [0.3, 0.4) is 0 Å². The molecule has 25 heavy (non-hydrogen) atoms. The van der Waals surface area contributed by atoms with E-state index in [1.165, 1.54) is 0 Å². The lowest BCUT2D eigenvalue weighted by molar-refractivity contribution is -0.114. The molecule has 132 valence electrons. The van der Waals surface area contributed by atoms with Gasteiger partial charge in [-0.05, 0) is 43.7 Å². The molecule has 0 fully saturated rings. The number of hydrogen-bond donors (Lipinski definition) is 3. The maximum atomic E-state index is 12.1. The lowest BCUT2D eigenvalue weighted by Gasteiger charge is -2.10. The maximum Gasteiger partial charge on any atom is 0.251 e. The van der Waals surface area contributed by atoms with E-state index in [1.54, 1.807) is 18.2 Å². The smallest absolute Gasteiger partial charge is 0.251 e. The molecular formula is C20H25N3O2. The van der Waals surface area contributed by atoms with Crippen LogP contribution < -0.4 is 16.0 Å². The van der Waals surface area contributed by atoms with Crippen molar-refractivity contribution < 1.29 is 9.59 Å². The van der Waals surface area contributed by atoms with E-state index >= 15 is 0 Å². The van der Waals surface area contributed by atoms with Crippen LogP contribution in [-0.4, -0.2) is 24.9 Å². The Labute approximate surface area is 148 Å². The first-order valence-electron chi connectivity index (χ1n) is 8.57. The predicted molar refractivity (Wildman–Crippen MR) is 102 cm³/mol. The number of hydrogen-bond acceptors (Lipinski definition) is 3. The van der Waals surface area contributed by atoms with Crippen molar-refractivity contribution >= 4 is 23.2 Å². The fourth-order valence-electron chi connectivity index (χ4n) is 2.28. The molecule has 0 radical (unpaired) electrons. The third-order valence-corrected chi connectivity index (χ3v) is 3.73. The van der Waals surface area contributed by atoms with Gasteiger partial charge in [-0.25, -0.2) is 0 Å². The minimum absolute atomic E-state index is 0.0961. The third-order valence-electron chi connectivity index (χ3n) is 3.73. The number of anilines is 2. The minimum Gasteiger partial charge on any atom is -0.376 e. The molecule has 0 atom stereocenters. The molecule has 0 aliphatic heterocycles. The quantitative estimate of drug-likeness (QED) is 0.644. The molecule has 2 amide bonds. The monoisotopic (exact) mass is 339 g/mol. The molecule has 3 N–H and O–H groups in total. The van der Waals surface area contributed by atoms with Gasteiger partial charge >= 0.3 is 0 Å². The molecule has 5 nitrogen and oxygen atoms in total. The lowest BCUT2D eigenvalue weighted by Crippen LogP contribution is -2.25. The van der Waals surface area contributed by atoms with Crippen molar-refractivity contribution in [1.82, 2.24) is 5.32 Å². The highest BCUT2D eigenvalue weighted by Gasteiger charge is 2.07. The molecular weight excluding hydrogens is 314 g/mol. The largest absolute Gasteiger partial charge is 0.376 e. The third kappa shape index (κ3) is 6.30. The predicted octanol–water partition coefficient (Wildman–Crippen LogP) is 3.58. The van der Waals surface area contributed by atoms with Gasteiger partial charge in [-0.15, -0.1) is 0 Å². The van der Waals surface area contributed by atoms with E-state index in [0.29, 0.717) is 12.1 Å². The van der Waals surface area contributed by atoms with Crippen LogP contribution in [-0.2, 0) is 4.79 Å². The topological polar surface area (TPSA) is 70.2 Å². The van der Waals surface area contributed by atoms with Gasteiger partial charge in [0, 0.05) is 23.5 Å². The summed E-state index contributed by atoms with van der Waals surface area (Å²) in [6.07, 6.45) is 2.00. The van der Waals surface area contributed by atoms with Gasteiger partial charge in [0.05, 0.1) is 6.54 Å². The zero-order chi connectivity index (χ0) is 18.1. The summed E-state index contributed by atoms with van der Waals surface area (Å²) < 4.78 is 0. The highest BCUT2D eigenvalue weighted by molar-refractivity contribution is 5.96. The van der Waals surface area contributed by atoms with E-state index in [2.05, 4.69) is 22.9 Å². The number of amides is 2. The lowest BCUT2D eigenvalue weighted by atomic mass is 10.2. The van der Waals surface area contributed by atoms with Gasteiger partial charge in [0.25, 0.3) is 5.91 Å². The highest BCUT2D eigenvalue weighted by atomic mass is 16.2. The molecule has 0 spiro atoms. The van der Waals surface area contributed by atoms with Gasteiger partial charge in [-0.3, -0.25) is 9.59 Å². The molecule has 2 aromatic rings. The van der Waals surface area contributed by atoms with Gasteiger partial charge in [-0.2, -0.15) is 0 Å². The molecule has 0 heterocycles. The van der Waals surface area contributed by atoms with Gasteiger partial charge in [-0.1, -0.05) is 37.1 Å². The zero-order valence-electron chi connectivity index (χ0n) is 14.8. The first-order valence-corrected chi connectivity index (χ1v) is 8.57. The van der Waals surface area contributed by atoms with Crippen molar-refractivity contribution in [3.63, 3.8) is 0 Å². The van der Waals surface area contributed by atoms with Crippen molar-refractivity contribution in [2.45, 2.75) is 26.7 Å². The standard InChI is InChI=1S/C20H25N3O2/c1-3-4-12-21-20(25)16-6-5-7-18(13-16)22-14-19(24)23-17-10-8-15(2)9-11-17/h5-11,13,22H,3-4,12,14H2,1-2H3,(H,21,25)(H,23,24). The molecule has 0 bridgehead atoms. The van der Waals surface area contributed by atoms with E-state index in [9.17, 15) is 9.59 Å². The normalized spacial score (nSPS) is 10.2. The number of carbonyl (C=O) groups excluding carboxylic acids is 2. The molecule has 5 heteroatoms. The van der Waals surface area contributed by atoms with Crippen LogP contribution >= 0.6 is 0 Å². The van der Waals surface area contributed by atoms with E-state index in [-0.39, 0.29) is 18.4 Å².